The van der Waals surface area contributed by atoms with Gasteiger partial charge in [0, 0.05) is 43.6 Å². The van der Waals surface area contributed by atoms with Crippen LogP contribution in [0.4, 0.5) is 5.69 Å². The van der Waals surface area contributed by atoms with E-state index in [0.29, 0.717) is 56.9 Å². The molecule has 2 aromatic carbocycles. The minimum Gasteiger partial charge on any atom is -0.496 e. The van der Waals surface area contributed by atoms with Crippen LogP contribution >= 0.6 is 0 Å². The van der Waals surface area contributed by atoms with E-state index in [-0.39, 0.29) is 24.3 Å². The number of para-hydroxylation sites is 2. The zero-order valence-corrected chi connectivity index (χ0v) is 22.1. The largest absolute Gasteiger partial charge is 0.496 e. The van der Waals surface area contributed by atoms with E-state index < -0.39 is 5.54 Å². The topological polar surface area (TPSA) is 95.1 Å². The number of hydrogen-bond acceptors (Lipinski definition) is 6. The lowest BCUT2D eigenvalue weighted by molar-refractivity contribution is -0.137. The quantitative estimate of drug-likeness (QED) is 0.484. The normalized spacial score (nSPS) is 16.4. The van der Waals surface area contributed by atoms with Crippen molar-refractivity contribution in [2.45, 2.75) is 24.8 Å². The smallest absolute Gasteiger partial charge is 0.257 e. The summed E-state index contributed by atoms with van der Waals surface area (Å²) in [7, 11) is 1.55. The van der Waals surface area contributed by atoms with Crippen molar-refractivity contribution in [2.75, 3.05) is 44.9 Å². The molecule has 39 heavy (non-hydrogen) atoms. The van der Waals surface area contributed by atoms with Gasteiger partial charge in [-0.25, -0.2) is 0 Å². The summed E-state index contributed by atoms with van der Waals surface area (Å²) in [5, 5.41) is 2.92. The molecular weight excluding hydrogens is 494 g/mol. The Labute approximate surface area is 228 Å². The number of pyridine rings is 1. The zero-order valence-electron chi connectivity index (χ0n) is 22.1. The number of piperidine rings is 1. The van der Waals surface area contributed by atoms with Gasteiger partial charge in [0.25, 0.3) is 11.8 Å². The molecule has 0 unspecified atom stereocenters. The van der Waals surface area contributed by atoms with E-state index in [0.717, 1.165) is 11.4 Å². The molecule has 2 fully saturated rings. The second-order valence-corrected chi connectivity index (χ2v) is 9.85. The number of likely N-dealkylation sites (tertiary alicyclic amines) is 1. The summed E-state index contributed by atoms with van der Waals surface area (Å²) < 4.78 is 5.39. The van der Waals surface area contributed by atoms with Crippen molar-refractivity contribution in [1.82, 2.24) is 20.1 Å². The number of nitrogens with zero attached hydrogens (tertiary/aromatic N) is 4. The van der Waals surface area contributed by atoms with E-state index in [9.17, 15) is 14.4 Å². The Bertz CT molecular complexity index is 1310. The Hall–Kier alpha value is -4.40. The highest BCUT2D eigenvalue weighted by atomic mass is 16.5. The summed E-state index contributed by atoms with van der Waals surface area (Å²) >= 11 is 0. The third kappa shape index (κ3) is 5.43. The first-order chi connectivity index (χ1) is 19.0. The molecule has 2 aliphatic heterocycles. The van der Waals surface area contributed by atoms with Crippen molar-refractivity contribution >= 4 is 23.4 Å². The van der Waals surface area contributed by atoms with E-state index in [4.69, 9.17) is 4.74 Å². The SMILES string of the molecule is COc1ccccc1C(=O)N1CCC2(CC1)C(=O)N(CC(=O)NCCc1ccccn1)CN2c1ccccc1. The summed E-state index contributed by atoms with van der Waals surface area (Å²) in [6, 6.07) is 22.7. The fourth-order valence-corrected chi connectivity index (χ4v) is 5.50. The maximum atomic E-state index is 13.9. The molecule has 3 heterocycles. The van der Waals surface area contributed by atoms with Crippen LogP contribution in [0.5, 0.6) is 5.75 Å². The van der Waals surface area contributed by atoms with Gasteiger partial charge in [0.2, 0.25) is 5.91 Å². The Morgan fingerprint density at radius 3 is 2.41 bits per heavy atom. The van der Waals surface area contributed by atoms with Crippen LogP contribution in [0.1, 0.15) is 28.9 Å². The van der Waals surface area contributed by atoms with Crippen LogP contribution < -0.4 is 15.0 Å². The van der Waals surface area contributed by atoms with Gasteiger partial charge in [0.1, 0.15) is 17.8 Å². The maximum Gasteiger partial charge on any atom is 0.257 e. The van der Waals surface area contributed by atoms with Crippen LogP contribution in [0, 0.1) is 0 Å². The van der Waals surface area contributed by atoms with Gasteiger partial charge in [0.15, 0.2) is 0 Å². The van der Waals surface area contributed by atoms with Gasteiger partial charge in [-0.05, 0) is 49.2 Å². The zero-order chi connectivity index (χ0) is 27.2. The van der Waals surface area contributed by atoms with Crippen molar-refractivity contribution < 1.29 is 19.1 Å². The third-order valence-electron chi connectivity index (χ3n) is 7.56. The van der Waals surface area contributed by atoms with Crippen LogP contribution in [0.2, 0.25) is 0 Å². The molecule has 0 saturated carbocycles. The molecule has 5 rings (SSSR count). The molecule has 2 saturated heterocycles. The monoisotopic (exact) mass is 527 g/mol. The Kier molecular flexibility index (Phi) is 7.76. The summed E-state index contributed by atoms with van der Waals surface area (Å²) in [6.07, 6.45) is 3.29. The molecule has 3 aromatic rings. The van der Waals surface area contributed by atoms with E-state index in [1.807, 2.05) is 60.7 Å². The fourth-order valence-electron chi connectivity index (χ4n) is 5.50. The molecule has 9 nitrogen and oxygen atoms in total. The molecule has 0 bridgehead atoms. The van der Waals surface area contributed by atoms with Crippen LogP contribution in [0.15, 0.2) is 79.0 Å². The number of hydrogen-bond donors (Lipinski definition) is 1. The number of anilines is 1. The van der Waals surface area contributed by atoms with Gasteiger partial charge < -0.3 is 24.8 Å². The van der Waals surface area contributed by atoms with E-state index in [1.54, 1.807) is 35.2 Å². The Morgan fingerprint density at radius 2 is 1.69 bits per heavy atom. The lowest BCUT2D eigenvalue weighted by atomic mass is 9.85. The maximum absolute atomic E-state index is 13.9. The Morgan fingerprint density at radius 1 is 0.974 bits per heavy atom. The molecule has 2 aliphatic rings. The number of nitrogens with one attached hydrogen (secondary N) is 1. The highest BCUT2D eigenvalue weighted by molar-refractivity contribution is 5.99. The van der Waals surface area contributed by atoms with Gasteiger partial charge in [-0.15, -0.1) is 0 Å². The number of amides is 3. The van der Waals surface area contributed by atoms with E-state index in [2.05, 4.69) is 15.2 Å². The van der Waals surface area contributed by atoms with Gasteiger partial charge >= 0.3 is 0 Å². The summed E-state index contributed by atoms with van der Waals surface area (Å²) in [4.78, 5) is 49.8. The molecule has 9 heteroatoms. The Balaban J connectivity index is 1.28. The lowest BCUT2D eigenvalue weighted by Gasteiger charge is -2.43. The first-order valence-corrected chi connectivity index (χ1v) is 13.2. The predicted molar refractivity (Wildman–Crippen MR) is 147 cm³/mol. The van der Waals surface area contributed by atoms with Crippen molar-refractivity contribution in [3.05, 3.63) is 90.3 Å². The van der Waals surface area contributed by atoms with Crippen molar-refractivity contribution in [2.24, 2.45) is 0 Å². The standard InChI is InChI=1S/C30H33N5O4/c1-39-26-13-6-5-12-25(26)28(37)33-19-15-30(16-20-33)29(38)34(22-35(30)24-10-3-2-4-11-24)21-27(36)32-18-14-23-9-7-8-17-31-23/h2-13,17H,14-16,18-22H2,1H3,(H,32,36). The number of rotatable bonds is 8. The molecule has 0 aliphatic carbocycles. The molecule has 3 amide bonds. The summed E-state index contributed by atoms with van der Waals surface area (Å²) in [5.41, 5.74) is 1.53. The number of methoxy groups -OCH3 is 1. The first-order valence-electron chi connectivity index (χ1n) is 13.2. The predicted octanol–water partition coefficient (Wildman–Crippen LogP) is 2.73. The number of ether oxygens (including phenoxy) is 1. The van der Waals surface area contributed by atoms with E-state index in [1.165, 1.54) is 0 Å². The average molecular weight is 528 g/mol. The number of carbonyl (C=O) groups excluding carboxylic acids is 3. The second-order valence-electron chi connectivity index (χ2n) is 9.85. The number of aromatic nitrogens is 1. The second kappa shape index (κ2) is 11.6. The molecule has 202 valence electrons. The van der Waals surface area contributed by atoms with Crippen LogP contribution in [-0.4, -0.2) is 78.0 Å². The van der Waals surface area contributed by atoms with E-state index >= 15 is 0 Å². The minimum atomic E-state index is -0.812. The molecular formula is C30H33N5O4. The average Bonchev–Trinajstić information content (AvgIpc) is 3.24. The van der Waals surface area contributed by atoms with Crippen LogP contribution in [0.25, 0.3) is 0 Å². The first kappa shape index (κ1) is 26.2. The molecule has 0 atom stereocenters. The summed E-state index contributed by atoms with van der Waals surface area (Å²) in [6.45, 7) is 1.60. The van der Waals surface area contributed by atoms with Gasteiger partial charge in [-0.2, -0.15) is 0 Å². The van der Waals surface area contributed by atoms with Gasteiger partial charge in [-0.3, -0.25) is 19.4 Å². The highest BCUT2D eigenvalue weighted by Gasteiger charge is 2.54. The third-order valence-corrected chi connectivity index (χ3v) is 7.56. The minimum absolute atomic E-state index is 0.0179. The van der Waals surface area contributed by atoms with Crippen molar-refractivity contribution in [1.29, 1.82) is 0 Å². The van der Waals surface area contributed by atoms with Gasteiger partial charge in [-0.1, -0.05) is 36.4 Å². The molecule has 1 spiro atoms. The fraction of sp³-hybridized carbons (Fsp3) is 0.333. The molecule has 0 radical (unpaired) electrons. The summed E-state index contributed by atoms with van der Waals surface area (Å²) in [5.74, 6) is 0.151. The van der Waals surface area contributed by atoms with Crippen LogP contribution in [0.3, 0.4) is 0 Å². The number of benzene rings is 2. The van der Waals surface area contributed by atoms with Crippen molar-refractivity contribution in [3.8, 4) is 5.75 Å². The molecule has 1 aromatic heterocycles. The highest BCUT2D eigenvalue weighted by Crippen LogP contribution is 2.40. The van der Waals surface area contributed by atoms with Crippen molar-refractivity contribution in [3.63, 3.8) is 0 Å². The lowest BCUT2D eigenvalue weighted by Crippen LogP contribution is -2.57. The van der Waals surface area contributed by atoms with Crippen LogP contribution in [-0.2, 0) is 16.0 Å². The van der Waals surface area contributed by atoms with Gasteiger partial charge in [0.05, 0.1) is 19.3 Å². The number of carbonyl (C=O) groups is 3. The molecule has 1 N–H and O–H groups in total.